The highest BCUT2D eigenvalue weighted by atomic mass is 16.7. The number of ether oxygens (including phenoxy) is 2. The number of hydrogen-bond acceptors (Lipinski definition) is 3. The van der Waals surface area contributed by atoms with Gasteiger partial charge in [0.05, 0.1) is 6.10 Å². The van der Waals surface area contributed by atoms with E-state index in [2.05, 4.69) is 0 Å². The van der Waals surface area contributed by atoms with Gasteiger partial charge in [0.25, 0.3) is 0 Å². The molecule has 2 aliphatic rings. The van der Waals surface area contributed by atoms with Gasteiger partial charge in [0, 0.05) is 18.9 Å². The highest BCUT2D eigenvalue weighted by Crippen LogP contribution is 2.39. The van der Waals surface area contributed by atoms with Gasteiger partial charge in [-0.15, -0.1) is 0 Å². The van der Waals surface area contributed by atoms with Crippen molar-refractivity contribution in [1.82, 2.24) is 0 Å². The molecule has 2 aliphatic carbocycles. The number of allylic oxidation sites excluding steroid dienone is 1. The maximum atomic E-state index is 11.2. The number of fused-ring (bicyclic) bond motifs is 1. The van der Waals surface area contributed by atoms with E-state index in [4.69, 9.17) is 9.47 Å². The third-order valence-corrected chi connectivity index (χ3v) is 2.98. The molecule has 0 spiro atoms. The van der Waals surface area contributed by atoms with Crippen LogP contribution in [0.25, 0.3) is 0 Å². The van der Waals surface area contributed by atoms with Crippen LogP contribution in [0.1, 0.15) is 26.2 Å². The van der Waals surface area contributed by atoms with Gasteiger partial charge >= 0.3 is 0 Å². The highest BCUT2D eigenvalue weighted by molar-refractivity contribution is 5.93. The van der Waals surface area contributed by atoms with E-state index in [1.165, 1.54) is 5.57 Å². The Morgan fingerprint density at radius 3 is 3.21 bits per heavy atom. The van der Waals surface area contributed by atoms with Crippen molar-refractivity contribution in [3.8, 4) is 0 Å². The minimum atomic E-state index is 0.208. The first-order valence-corrected chi connectivity index (χ1v) is 5.24. The zero-order valence-electron chi connectivity index (χ0n) is 8.49. The summed E-state index contributed by atoms with van der Waals surface area (Å²) in [6, 6.07) is 0. The van der Waals surface area contributed by atoms with Crippen LogP contribution >= 0.6 is 0 Å². The Balaban J connectivity index is 1.85. The summed E-state index contributed by atoms with van der Waals surface area (Å²) in [4.78, 5) is 11.2. The summed E-state index contributed by atoms with van der Waals surface area (Å²) in [7, 11) is 0. The molecule has 78 valence electrons. The second-order valence-electron chi connectivity index (χ2n) is 3.85. The van der Waals surface area contributed by atoms with Crippen LogP contribution in [0.15, 0.2) is 11.6 Å². The van der Waals surface area contributed by atoms with Gasteiger partial charge in [-0.3, -0.25) is 4.79 Å². The summed E-state index contributed by atoms with van der Waals surface area (Å²) < 4.78 is 10.7. The number of ketones is 1. The van der Waals surface area contributed by atoms with Crippen LogP contribution in [-0.4, -0.2) is 25.3 Å². The molecule has 0 aromatic carbocycles. The van der Waals surface area contributed by atoms with Crippen molar-refractivity contribution >= 4 is 5.78 Å². The molecule has 1 fully saturated rings. The molecule has 1 saturated carbocycles. The molecular formula is C11H16O3. The first kappa shape index (κ1) is 9.87. The molecule has 0 heterocycles. The summed E-state index contributed by atoms with van der Waals surface area (Å²) in [6.07, 6.45) is 4.71. The van der Waals surface area contributed by atoms with Crippen molar-refractivity contribution in [1.29, 1.82) is 0 Å². The van der Waals surface area contributed by atoms with E-state index in [0.29, 0.717) is 25.7 Å². The van der Waals surface area contributed by atoms with Gasteiger partial charge in [-0.05, 0) is 25.8 Å². The predicted molar refractivity (Wildman–Crippen MR) is 51.8 cm³/mol. The van der Waals surface area contributed by atoms with Gasteiger partial charge in [-0.25, -0.2) is 0 Å². The van der Waals surface area contributed by atoms with Crippen molar-refractivity contribution in [3.05, 3.63) is 11.6 Å². The molecule has 3 heteroatoms. The first-order chi connectivity index (χ1) is 6.81. The third-order valence-electron chi connectivity index (χ3n) is 2.98. The van der Waals surface area contributed by atoms with Crippen molar-refractivity contribution in [3.63, 3.8) is 0 Å². The maximum Gasteiger partial charge on any atom is 0.156 e. The van der Waals surface area contributed by atoms with Crippen molar-refractivity contribution in [2.75, 3.05) is 13.4 Å². The lowest BCUT2D eigenvalue weighted by Crippen LogP contribution is -2.20. The van der Waals surface area contributed by atoms with E-state index >= 15 is 0 Å². The van der Waals surface area contributed by atoms with Crippen LogP contribution in [0.3, 0.4) is 0 Å². The van der Waals surface area contributed by atoms with Crippen molar-refractivity contribution in [2.45, 2.75) is 32.3 Å². The minimum Gasteiger partial charge on any atom is -0.356 e. The molecule has 0 N–H and O–H groups in total. The molecule has 0 saturated heterocycles. The first-order valence-electron chi connectivity index (χ1n) is 5.24. The van der Waals surface area contributed by atoms with Gasteiger partial charge < -0.3 is 9.47 Å². The molecule has 2 rings (SSSR count). The zero-order valence-corrected chi connectivity index (χ0v) is 8.49. The van der Waals surface area contributed by atoms with Crippen LogP contribution in [0.2, 0.25) is 0 Å². The summed E-state index contributed by atoms with van der Waals surface area (Å²) in [6.45, 7) is 2.99. The van der Waals surface area contributed by atoms with Gasteiger partial charge in [-0.2, -0.15) is 0 Å². The molecule has 0 radical (unpaired) electrons. The SMILES string of the molecule is CCOCO[C@@H]1CCC2=CC(=O)C[C@H]21. The Labute approximate surface area is 84.1 Å². The van der Waals surface area contributed by atoms with Gasteiger partial charge in [0.2, 0.25) is 0 Å². The molecule has 0 unspecified atom stereocenters. The Morgan fingerprint density at radius 1 is 1.57 bits per heavy atom. The van der Waals surface area contributed by atoms with Gasteiger partial charge in [0.1, 0.15) is 6.79 Å². The number of rotatable bonds is 4. The van der Waals surface area contributed by atoms with E-state index in [1.807, 2.05) is 6.92 Å². The molecule has 3 nitrogen and oxygen atoms in total. The lowest BCUT2D eigenvalue weighted by atomic mass is 10.0. The average molecular weight is 196 g/mol. The normalized spacial score (nSPS) is 30.6. The van der Waals surface area contributed by atoms with Gasteiger partial charge in [0.15, 0.2) is 5.78 Å². The monoisotopic (exact) mass is 196 g/mol. The summed E-state index contributed by atoms with van der Waals surface area (Å²) in [5, 5.41) is 0. The van der Waals surface area contributed by atoms with E-state index < -0.39 is 0 Å². The molecule has 0 bridgehead atoms. The lowest BCUT2D eigenvalue weighted by Gasteiger charge is -2.17. The minimum absolute atomic E-state index is 0.208. The predicted octanol–water partition coefficient (Wildman–Crippen LogP) is 1.67. The molecule has 2 atom stereocenters. The number of carbonyl (C=O) groups excluding carboxylic acids is 1. The Morgan fingerprint density at radius 2 is 2.43 bits per heavy atom. The molecule has 0 aliphatic heterocycles. The van der Waals surface area contributed by atoms with Crippen molar-refractivity contribution in [2.24, 2.45) is 5.92 Å². The van der Waals surface area contributed by atoms with E-state index in [1.54, 1.807) is 6.08 Å². The largest absolute Gasteiger partial charge is 0.356 e. The number of carbonyl (C=O) groups is 1. The maximum absolute atomic E-state index is 11.2. The Hall–Kier alpha value is -0.670. The fraction of sp³-hybridized carbons (Fsp3) is 0.727. The van der Waals surface area contributed by atoms with Crippen LogP contribution in [0.5, 0.6) is 0 Å². The fourth-order valence-corrected chi connectivity index (χ4v) is 2.28. The van der Waals surface area contributed by atoms with Gasteiger partial charge in [-0.1, -0.05) is 5.57 Å². The molecule has 0 amide bonds. The van der Waals surface area contributed by atoms with Crippen LogP contribution < -0.4 is 0 Å². The van der Waals surface area contributed by atoms with E-state index in [9.17, 15) is 4.79 Å². The lowest BCUT2D eigenvalue weighted by molar-refractivity contribution is -0.118. The molecule has 14 heavy (non-hydrogen) atoms. The zero-order chi connectivity index (χ0) is 9.97. The summed E-state index contributed by atoms with van der Waals surface area (Å²) >= 11 is 0. The summed E-state index contributed by atoms with van der Waals surface area (Å²) in [5.41, 5.74) is 1.29. The van der Waals surface area contributed by atoms with E-state index in [-0.39, 0.29) is 11.9 Å². The number of hydrogen-bond donors (Lipinski definition) is 0. The Kier molecular flexibility index (Phi) is 2.99. The van der Waals surface area contributed by atoms with Crippen LogP contribution in [-0.2, 0) is 14.3 Å². The van der Waals surface area contributed by atoms with Crippen molar-refractivity contribution < 1.29 is 14.3 Å². The topological polar surface area (TPSA) is 35.5 Å². The molecule has 0 aromatic heterocycles. The second kappa shape index (κ2) is 4.24. The quantitative estimate of drug-likeness (QED) is 0.507. The third kappa shape index (κ3) is 1.88. The Bertz CT molecular complexity index is 257. The van der Waals surface area contributed by atoms with E-state index in [0.717, 1.165) is 12.8 Å². The average Bonchev–Trinajstić information content (AvgIpc) is 2.66. The smallest absolute Gasteiger partial charge is 0.156 e. The standard InChI is InChI=1S/C11H16O3/c1-2-13-7-14-11-4-3-8-5-9(12)6-10(8)11/h5,10-11H,2-4,6-7H2,1H3/t10-,11-/m1/s1. The second-order valence-corrected chi connectivity index (χ2v) is 3.85. The van der Waals surface area contributed by atoms with Crippen LogP contribution in [0.4, 0.5) is 0 Å². The van der Waals surface area contributed by atoms with Crippen LogP contribution in [0, 0.1) is 5.92 Å². The molecule has 0 aromatic rings. The summed E-state index contributed by atoms with van der Waals surface area (Å²) in [5.74, 6) is 0.609. The molecular weight excluding hydrogens is 180 g/mol. The fourth-order valence-electron chi connectivity index (χ4n) is 2.28. The highest BCUT2D eigenvalue weighted by Gasteiger charge is 2.37.